The second-order valence-electron chi connectivity index (χ2n) is 7.44. The smallest absolute Gasteiger partial charge is 0.226 e. The van der Waals surface area contributed by atoms with Crippen LogP contribution in [-0.2, 0) is 4.79 Å². The Bertz CT molecular complexity index is 741. The van der Waals surface area contributed by atoms with Crippen molar-refractivity contribution in [3.05, 3.63) is 17.8 Å². The highest BCUT2D eigenvalue weighted by Gasteiger charge is 2.27. The molecule has 5 heteroatoms. The molecule has 0 atom stereocenters. The van der Waals surface area contributed by atoms with Crippen molar-refractivity contribution in [2.45, 2.75) is 70.8 Å². The van der Waals surface area contributed by atoms with Crippen LogP contribution in [0.3, 0.4) is 0 Å². The molecule has 0 aromatic carbocycles. The van der Waals surface area contributed by atoms with Crippen molar-refractivity contribution in [2.75, 3.05) is 5.32 Å². The first-order chi connectivity index (χ1) is 11.7. The largest absolute Gasteiger partial charge is 0.296 e. The van der Waals surface area contributed by atoms with Crippen molar-refractivity contribution in [1.29, 1.82) is 0 Å². The molecule has 0 unspecified atom stereocenters. The summed E-state index contributed by atoms with van der Waals surface area (Å²) in [6, 6.07) is 4.41. The van der Waals surface area contributed by atoms with Crippen LogP contribution in [-0.4, -0.2) is 20.4 Å². The van der Waals surface area contributed by atoms with Gasteiger partial charge in [-0.15, -0.1) is 0 Å². The third-order valence-electron chi connectivity index (χ3n) is 5.57. The van der Waals surface area contributed by atoms with E-state index in [-0.39, 0.29) is 5.91 Å². The van der Waals surface area contributed by atoms with Crippen molar-refractivity contribution >= 4 is 23.0 Å². The van der Waals surface area contributed by atoms with Crippen LogP contribution in [0.4, 0.5) is 5.95 Å². The van der Waals surface area contributed by atoms with Crippen LogP contribution in [0.25, 0.3) is 11.2 Å². The topological polar surface area (TPSA) is 59.8 Å². The Morgan fingerprint density at radius 2 is 1.92 bits per heavy atom. The lowest BCUT2D eigenvalue weighted by atomic mass is 9.87. The minimum atomic E-state index is 0.106. The standard InChI is InChI=1S/C19H26N4O/c1-13-10-11-16-18(20-13)23(15-8-5-9-15)19(21-16)22-17(24)12-14-6-3-2-4-7-14/h10-11,14-15H,2-9,12H2,1H3,(H,21,22,24). The van der Waals surface area contributed by atoms with E-state index in [0.717, 1.165) is 29.7 Å². The zero-order valence-electron chi connectivity index (χ0n) is 14.4. The van der Waals surface area contributed by atoms with Crippen LogP contribution < -0.4 is 5.32 Å². The molecule has 0 aliphatic heterocycles. The number of nitrogens with one attached hydrogen (secondary N) is 1. The van der Waals surface area contributed by atoms with Gasteiger partial charge in [0.1, 0.15) is 5.52 Å². The van der Waals surface area contributed by atoms with Crippen LogP contribution in [0.15, 0.2) is 12.1 Å². The van der Waals surface area contributed by atoms with E-state index in [4.69, 9.17) is 0 Å². The number of hydrogen-bond donors (Lipinski definition) is 1. The van der Waals surface area contributed by atoms with Gasteiger partial charge in [0.2, 0.25) is 11.9 Å². The molecule has 2 aliphatic carbocycles. The molecule has 0 bridgehead atoms. The van der Waals surface area contributed by atoms with Gasteiger partial charge in [-0.1, -0.05) is 19.3 Å². The minimum absolute atomic E-state index is 0.106. The van der Waals surface area contributed by atoms with Gasteiger partial charge in [-0.25, -0.2) is 9.97 Å². The van der Waals surface area contributed by atoms with E-state index in [1.807, 2.05) is 19.1 Å². The van der Waals surface area contributed by atoms with E-state index >= 15 is 0 Å². The molecule has 2 aromatic rings. The Morgan fingerprint density at radius 3 is 2.62 bits per heavy atom. The third kappa shape index (κ3) is 3.04. The first kappa shape index (κ1) is 15.6. The molecule has 2 heterocycles. The summed E-state index contributed by atoms with van der Waals surface area (Å²) < 4.78 is 2.16. The van der Waals surface area contributed by atoms with Crippen molar-refractivity contribution in [3.63, 3.8) is 0 Å². The summed E-state index contributed by atoms with van der Waals surface area (Å²) in [5.74, 6) is 1.34. The Labute approximate surface area is 142 Å². The fourth-order valence-electron chi connectivity index (χ4n) is 3.98. The summed E-state index contributed by atoms with van der Waals surface area (Å²) in [6.45, 7) is 2.00. The number of carbonyl (C=O) groups is 1. The van der Waals surface area contributed by atoms with Gasteiger partial charge in [-0.05, 0) is 57.1 Å². The average Bonchev–Trinajstić information content (AvgIpc) is 2.84. The van der Waals surface area contributed by atoms with Crippen molar-refractivity contribution in [1.82, 2.24) is 14.5 Å². The fraction of sp³-hybridized carbons (Fsp3) is 0.632. The monoisotopic (exact) mass is 326 g/mol. The molecule has 5 nitrogen and oxygen atoms in total. The molecule has 128 valence electrons. The highest BCUT2D eigenvalue weighted by Crippen LogP contribution is 2.37. The number of anilines is 1. The number of amides is 1. The van der Waals surface area contributed by atoms with Crippen molar-refractivity contribution in [2.24, 2.45) is 5.92 Å². The maximum Gasteiger partial charge on any atom is 0.226 e. The van der Waals surface area contributed by atoms with Gasteiger partial charge in [-0.2, -0.15) is 0 Å². The van der Waals surface area contributed by atoms with Gasteiger partial charge in [0.15, 0.2) is 5.65 Å². The summed E-state index contributed by atoms with van der Waals surface area (Å²) in [7, 11) is 0. The SMILES string of the molecule is Cc1ccc2nc(NC(=O)CC3CCCCC3)n(C3CCC3)c2n1. The lowest BCUT2D eigenvalue weighted by molar-refractivity contribution is -0.117. The summed E-state index contributed by atoms with van der Waals surface area (Å²) in [5.41, 5.74) is 2.77. The number of fused-ring (bicyclic) bond motifs is 1. The molecule has 2 aromatic heterocycles. The second kappa shape index (κ2) is 6.54. The molecule has 2 aliphatic rings. The van der Waals surface area contributed by atoms with Gasteiger partial charge in [0.25, 0.3) is 0 Å². The normalized spacial score (nSPS) is 19.4. The second-order valence-corrected chi connectivity index (χ2v) is 7.44. The molecule has 0 spiro atoms. The van der Waals surface area contributed by atoms with Gasteiger partial charge < -0.3 is 0 Å². The minimum Gasteiger partial charge on any atom is -0.296 e. The molecule has 1 amide bonds. The summed E-state index contributed by atoms with van der Waals surface area (Å²) >= 11 is 0. The number of hydrogen-bond acceptors (Lipinski definition) is 3. The molecule has 2 saturated carbocycles. The van der Waals surface area contributed by atoms with Crippen molar-refractivity contribution in [3.8, 4) is 0 Å². The molecular weight excluding hydrogens is 300 g/mol. The number of carbonyl (C=O) groups excluding carboxylic acids is 1. The summed E-state index contributed by atoms with van der Waals surface area (Å²) in [4.78, 5) is 21.9. The Hall–Kier alpha value is -1.91. The highest BCUT2D eigenvalue weighted by molar-refractivity contribution is 5.91. The molecule has 1 N–H and O–H groups in total. The summed E-state index contributed by atoms with van der Waals surface area (Å²) in [5, 5.41) is 3.09. The maximum atomic E-state index is 12.5. The zero-order chi connectivity index (χ0) is 16.5. The molecule has 2 fully saturated rings. The van der Waals surface area contributed by atoms with E-state index in [1.165, 1.54) is 38.5 Å². The number of aryl methyl sites for hydroxylation is 1. The van der Waals surface area contributed by atoms with Gasteiger partial charge in [0.05, 0.1) is 0 Å². The lowest BCUT2D eigenvalue weighted by Gasteiger charge is -2.28. The molecule has 4 rings (SSSR count). The first-order valence-corrected chi connectivity index (χ1v) is 9.36. The number of nitrogens with zero attached hydrogens (tertiary/aromatic N) is 3. The third-order valence-corrected chi connectivity index (χ3v) is 5.57. The Morgan fingerprint density at radius 1 is 1.12 bits per heavy atom. The predicted octanol–water partition coefficient (Wildman–Crippen LogP) is 4.37. The molecule has 0 saturated heterocycles. The predicted molar refractivity (Wildman–Crippen MR) is 95.0 cm³/mol. The van der Waals surface area contributed by atoms with E-state index in [1.54, 1.807) is 0 Å². The van der Waals surface area contributed by atoms with Crippen LogP contribution in [0.2, 0.25) is 0 Å². The number of pyridine rings is 1. The lowest BCUT2D eigenvalue weighted by Crippen LogP contribution is -2.24. The number of imidazole rings is 1. The van der Waals surface area contributed by atoms with Crippen LogP contribution in [0, 0.1) is 12.8 Å². The van der Waals surface area contributed by atoms with Gasteiger partial charge in [-0.3, -0.25) is 14.7 Å². The van der Waals surface area contributed by atoms with Crippen LogP contribution in [0.5, 0.6) is 0 Å². The van der Waals surface area contributed by atoms with Crippen LogP contribution in [0.1, 0.15) is 69.5 Å². The van der Waals surface area contributed by atoms with E-state index < -0.39 is 0 Å². The van der Waals surface area contributed by atoms with Gasteiger partial charge in [0, 0.05) is 18.2 Å². The Kier molecular flexibility index (Phi) is 4.25. The number of aromatic nitrogens is 3. The quantitative estimate of drug-likeness (QED) is 0.907. The molecule has 24 heavy (non-hydrogen) atoms. The van der Waals surface area contributed by atoms with Crippen LogP contribution >= 0.6 is 0 Å². The van der Waals surface area contributed by atoms with E-state index in [2.05, 4.69) is 19.9 Å². The first-order valence-electron chi connectivity index (χ1n) is 9.36. The summed E-state index contributed by atoms with van der Waals surface area (Å²) in [6.07, 6.45) is 10.4. The van der Waals surface area contributed by atoms with Gasteiger partial charge >= 0.3 is 0 Å². The molecule has 0 radical (unpaired) electrons. The molecular formula is C19H26N4O. The number of rotatable bonds is 4. The van der Waals surface area contributed by atoms with E-state index in [9.17, 15) is 4.79 Å². The maximum absolute atomic E-state index is 12.5. The van der Waals surface area contributed by atoms with E-state index in [0.29, 0.717) is 24.3 Å². The highest BCUT2D eigenvalue weighted by atomic mass is 16.1. The van der Waals surface area contributed by atoms with Crippen molar-refractivity contribution < 1.29 is 4.79 Å². The average molecular weight is 326 g/mol. The zero-order valence-corrected chi connectivity index (χ0v) is 14.4. The Balaban J connectivity index is 1.57. The fourth-order valence-corrected chi connectivity index (χ4v) is 3.98.